The highest BCUT2D eigenvalue weighted by Gasteiger charge is 2.13. The van der Waals surface area contributed by atoms with Crippen molar-refractivity contribution in [2.24, 2.45) is 5.73 Å². The van der Waals surface area contributed by atoms with Gasteiger partial charge in [-0.05, 0) is 32.2 Å². The predicted molar refractivity (Wildman–Crippen MR) is 75.4 cm³/mol. The van der Waals surface area contributed by atoms with Crippen LogP contribution in [0, 0.1) is 11.8 Å². The standard InChI is InChI=1S/C13H19N3OS/c1-13(2,3)16-12(17)15-9-11-10(5-4-7-14)6-8-18-11/h6,8H,7,9,14H2,1-3H3,(H2,15,16,17). The summed E-state index contributed by atoms with van der Waals surface area (Å²) in [7, 11) is 0. The van der Waals surface area contributed by atoms with Crippen molar-refractivity contribution in [2.75, 3.05) is 6.54 Å². The highest BCUT2D eigenvalue weighted by atomic mass is 32.1. The van der Waals surface area contributed by atoms with Crippen molar-refractivity contribution in [1.29, 1.82) is 0 Å². The summed E-state index contributed by atoms with van der Waals surface area (Å²) in [4.78, 5) is 12.6. The Hall–Kier alpha value is -1.51. The summed E-state index contributed by atoms with van der Waals surface area (Å²) in [6.45, 7) is 6.64. The summed E-state index contributed by atoms with van der Waals surface area (Å²) in [5, 5.41) is 7.62. The van der Waals surface area contributed by atoms with Crippen LogP contribution < -0.4 is 16.4 Å². The average Bonchev–Trinajstić information content (AvgIpc) is 2.68. The SMILES string of the molecule is CC(C)(C)NC(=O)NCc1sccc1C#CCN. The van der Waals surface area contributed by atoms with Crippen LogP contribution >= 0.6 is 11.3 Å². The monoisotopic (exact) mass is 265 g/mol. The zero-order chi connectivity index (χ0) is 13.6. The van der Waals surface area contributed by atoms with Crippen molar-refractivity contribution in [2.45, 2.75) is 32.9 Å². The fraction of sp³-hybridized carbons (Fsp3) is 0.462. The Labute approximate surface area is 112 Å². The van der Waals surface area contributed by atoms with Crippen LogP contribution in [0.3, 0.4) is 0 Å². The van der Waals surface area contributed by atoms with Crippen molar-refractivity contribution in [3.05, 3.63) is 21.9 Å². The highest BCUT2D eigenvalue weighted by molar-refractivity contribution is 7.10. The Morgan fingerprint density at radius 1 is 1.50 bits per heavy atom. The van der Waals surface area contributed by atoms with Crippen molar-refractivity contribution < 1.29 is 4.79 Å². The lowest BCUT2D eigenvalue weighted by Crippen LogP contribution is -2.46. The number of nitrogens with two attached hydrogens (primary N) is 1. The van der Waals surface area contributed by atoms with E-state index in [9.17, 15) is 4.79 Å². The van der Waals surface area contributed by atoms with Crippen molar-refractivity contribution in [3.8, 4) is 11.8 Å². The van der Waals surface area contributed by atoms with Crippen LogP contribution in [0.25, 0.3) is 0 Å². The molecule has 1 aromatic heterocycles. The normalized spacial score (nSPS) is 10.4. The topological polar surface area (TPSA) is 67.2 Å². The molecule has 0 saturated carbocycles. The third kappa shape index (κ3) is 5.21. The van der Waals surface area contributed by atoms with E-state index in [1.54, 1.807) is 11.3 Å². The number of urea groups is 1. The first-order chi connectivity index (χ1) is 8.42. The number of hydrogen-bond acceptors (Lipinski definition) is 3. The second kappa shape index (κ2) is 6.43. The second-order valence-electron chi connectivity index (χ2n) is 4.82. The molecular weight excluding hydrogens is 246 g/mol. The van der Waals surface area contributed by atoms with E-state index in [1.807, 2.05) is 32.2 Å². The van der Waals surface area contributed by atoms with Gasteiger partial charge in [-0.15, -0.1) is 11.3 Å². The van der Waals surface area contributed by atoms with Gasteiger partial charge in [-0.1, -0.05) is 11.8 Å². The molecule has 0 bridgehead atoms. The first-order valence-corrected chi connectivity index (χ1v) is 6.61. The molecular formula is C13H19N3OS. The third-order valence-electron chi connectivity index (χ3n) is 1.97. The van der Waals surface area contributed by atoms with Gasteiger partial charge >= 0.3 is 6.03 Å². The Morgan fingerprint density at radius 2 is 2.22 bits per heavy atom. The van der Waals surface area contributed by atoms with Crippen molar-refractivity contribution in [3.63, 3.8) is 0 Å². The van der Waals surface area contributed by atoms with Gasteiger partial charge in [0, 0.05) is 16.0 Å². The van der Waals surface area contributed by atoms with E-state index in [2.05, 4.69) is 22.5 Å². The number of carbonyl (C=O) groups excluding carboxylic acids is 1. The van der Waals surface area contributed by atoms with Gasteiger partial charge in [-0.3, -0.25) is 0 Å². The molecule has 0 saturated heterocycles. The number of nitrogens with one attached hydrogen (secondary N) is 2. The largest absolute Gasteiger partial charge is 0.334 e. The molecule has 0 fully saturated rings. The lowest BCUT2D eigenvalue weighted by atomic mass is 10.1. The van der Waals surface area contributed by atoms with Crippen LogP contribution in [0.4, 0.5) is 4.79 Å². The lowest BCUT2D eigenvalue weighted by molar-refractivity contribution is 0.231. The maximum atomic E-state index is 11.6. The number of amides is 2. The van der Waals surface area contributed by atoms with Crippen LogP contribution in [0.5, 0.6) is 0 Å². The minimum atomic E-state index is -0.234. The van der Waals surface area contributed by atoms with Gasteiger partial charge in [0.1, 0.15) is 0 Å². The molecule has 0 radical (unpaired) electrons. The summed E-state index contributed by atoms with van der Waals surface area (Å²) in [5.74, 6) is 5.80. The maximum Gasteiger partial charge on any atom is 0.315 e. The van der Waals surface area contributed by atoms with E-state index in [1.165, 1.54) is 0 Å². The van der Waals surface area contributed by atoms with Gasteiger partial charge in [0.2, 0.25) is 0 Å². The molecule has 0 aromatic carbocycles. The minimum Gasteiger partial charge on any atom is -0.334 e. The zero-order valence-corrected chi connectivity index (χ0v) is 11.8. The van der Waals surface area contributed by atoms with E-state index in [4.69, 9.17) is 5.73 Å². The molecule has 1 aromatic rings. The molecule has 4 nitrogen and oxygen atoms in total. The molecule has 4 N–H and O–H groups in total. The Bertz CT molecular complexity index is 463. The second-order valence-corrected chi connectivity index (χ2v) is 5.82. The van der Waals surface area contributed by atoms with Gasteiger partial charge in [-0.25, -0.2) is 4.79 Å². The molecule has 2 amide bonds. The molecule has 18 heavy (non-hydrogen) atoms. The van der Waals surface area contributed by atoms with E-state index in [0.29, 0.717) is 13.1 Å². The van der Waals surface area contributed by atoms with Gasteiger partial charge in [0.05, 0.1) is 13.1 Å². The predicted octanol–water partition coefficient (Wildman–Crippen LogP) is 1.66. The summed E-state index contributed by atoms with van der Waals surface area (Å²) >= 11 is 1.57. The smallest absolute Gasteiger partial charge is 0.315 e. The molecule has 0 aliphatic carbocycles. The van der Waals surface area contributed by atoms with Crippen LogP contribution in [-0.4, -0.2) is 18.1 Å². The van der Waals surface area contributed by atoms with Gasteiger partial charge in [0.25, 0.3) is 0 Å². The van der Waals surface area contributed by atoms with Crippen LogP contribution in [0.15, 0.2) is 11.4 Å². The molecule has 0 aliphatic heterocycles. The molecule has 0 spiro atoms. The number of carbonyl (C=O) groups is 1. The molecule has 5 heteroatoms. The van der Waals surface area contributed by atoms with Crippen LogP contribution in [0.1, 0.15) is 31.2 Å². The number of rotatable bonds is 2. The minimum absolute atomic E-state index is 0.173. The Kier molecular flexibility index (Phi) is 5.20. The van der Waals surface area contributed by atoms with Crippen molar-refractivity contribution in [1.82, 2.24) is 10.6 Å². The van der Waals surface area contributed by atoms with Gasteiger partial charge in [0.15, 0.2) is 0 Å². The van der Waals surface area contributed by atoms with E-state index in [-0.39, 0.29) is 11.6 Å². The highest BCUT2D eigenvalue weighted by Crippen LogP contribution is 2.15. The molecule has 0 atom stereocenters. The molecule has 0 unspecified atom stereocenters. The lowest BCUT2D eigenvalue weighted by Gasteiger charge is -2.20. The van der Waals surface area contributed by atoms with Crippen LogP contribution in [0.2, 0.25) is 0 Å². The number of thiophene rings is 1. The first-order valence-electron chi connectivity index (χ1n) is 5.73. The summed E-state index contributed by atoms with van der Waals surface area (Å²) in [6, 6.07) is 1.76. The van der Waals surface area contributed by atoms with Crippen molar-refractivity contribution >= 4 is 17.4 Å². The molecule has 1 rings (SSSR count). The average molecular weight is 265 g/mol. The maximum absolute atomic E-state index is 11.6. The summed E-state index contributed by atoms with van der Waals surface area (Å²) < 4.78 is 0. The van der Waals surface area contributed by atoms with Gasteiger partial charge in [-0.2, -0.15) is 0 Å². The Morgan fingerprint density at radius 3 is 2.83 bits per heavy atom. The van der Waals surface area contributed by atoms with E-state index in [0.717, 1.165) is 10.4 Å². The van der Waals surface area contributed by atoms with E-state index >= 15 is 0 Å². The zero-order valence-electron chi connectivity index (χ0n) is 11.0. The number of hydrogen-bond donors (Lipinski definition) is 3. The fourth-order valence-corrected chi connectivity index (χ4v) is 2.05. The molecule has 98 valence electrons. The summed E-state index contributed by atoms with van der Waals surface area (Å²) in [6.07, 6.45) is 0. The van der Waals surface area contributed by atoms with Crippen LogP contribution in [-0.2, 0) is 6.54 Å². The fourth-order valence-electron chi connectivity index (χ4n) is 1.28. The quantitative estimate of drug-likeness (QED) is 0.712. The Balaban J connectivity index is 2.54. The van der Waals surface area contributed by atoms with E-state index < -0.39 is 0 Å². The van der Waals surface area contributed by atoms with Gasteiger partial charge < -0.3 is 16.4 Å². The first kappa shape index (κ1) is 14.6. The third-order valence-corrected chi connectivity index (χ3v) is 2.89. The summed E-state index contributed by atoms with van der Waals surface area (Å²) in [5.41, 5.74) is 6.03. The molecule has 0 aliphatic rings. The molecule has 1 heterocycles.